The molecule has 3 heterocycles. The summed E-state index contributed by atoms with van der Waals surface area (Å²) >= 11 is 0. The molecule has 2 aromatic rings. The number of benzene rings is 2. The first-order chi connectivity index (χ1) is 16.5. The van der Waals surface area contributed by atoms with E-state index in [4.69, 9.17) is 10.5 Å². The highest BCUT2D eigenvalue weighted by molar-refractivity contribution is 5.87. The molecule has 5 atom stereocenters. The second-order valence-corrected chi connectivity index (χ2v) is 8.96. The molecule has 0 spiro atoms. The predicted octanol–water partition coefficient (Wildman–Crippen LogP) is 1.42. The van der Waals surface area contributed by atoms with E-state index in [-0.39, 0.29) is 29.8 Å². The summed E-state index contributed by atoms with van der Waals surface area (Å²) in [6, 6.07) is 16.8. The summed E-state index contributed by atoms with van der Waals surface area (Å²) < 4.78 is 5.92. The van der Waals surface area contributed by atoms with Crippen LogP contribution in [0.2, 0.25) is 0 Å². The quantitative estimate of drug-likeness (QED) is 0.497. The summed E-state index contributed by atoms with van der Waals surface area (Å²) in [5.41, 5.74) is 16.7. The molecule has 9 heteroatoms. The van der Waals surface area contributed by atoms with Crippen LogP contribution in [0.15, 0.2) is 67.3 Å². The standard InChI is InChI=1S/C25H30N6O3/c1-2-20(32)30-14-6-7-17(15-30)31-23-21(24(26)27-28-25(23)33)22(29-31)16-10-12-19(13-11-16)34-18-8-4-3-5-9-18/h2-5,8-13,17,21-24,27,29H,1,6-7,14-15,26H2,(H,28,33). The number of ether oxygens (including phenoxy) is 1. The van der Waals surface area contributed by atoms with Crippen LogP contribution in [0.4, 0.5) is 0 Å². The van der Waals surface area contributed by atoms with Gasteiger partial charge in [0, 0.05) is 25.0 Å². The van der Waals surface area contributed by atoms with Crippen molar-refractivity contribution in [3.8, 4) is 11.5 Å². The molecular formula is C25H30N6O3. The summed E-state index contributed by atoms with van der Waals surface area (Å²) in [4.78, 5) is 27.0. The molecule has 5 unspecified atom stereocenters. The van der Waals surface area contributed by atoms with Gasteiger partial charge in [0.05, 0.1) is 12.2 Å². The van der Waals surface area contributed by atoms with Crippen LogP contribution < -0.4 is 26.7 Å². The monoisotopic (exact) mass is 462 g/mol. The maximum Gasteiger partial charge on any atom is 0.253 e. The Hall–Kier alpha value is -3.24. The van der Waals surface area contributed by atoms with Crippen LogP contribution in [0.25, 0.3) is 0 Å². The Morgan fingerprint density at radius 1 is 1.12 bits per heavy atom. The number of amides is 2. The van der Waals surface area contributed by atoms with Crippen molar-refractivity contribution in [2.24, 2.45) is 11.7 Å². The highest BCUT2D eigenvalue weighted by Crippen LogP contribution is 2.39. The van der Waals surface area contributed by atoms with Crippen molar-refractivity contribution in [2.45, 2.75) is 37.1 Å². The third-order valence-electron chi connectivity index (χ3n) is 6.88. The van der Waals surface area contributed by atoms with Gasteiger partial charge in [0.2, 0.25) is 5.91 Å². The van der Waals surface area contributed by atoms with Crippen LogP contribution in [0.3, 0.4) is 0 Å². The predicted molar refractivity (Wildman–Crippen MR) is 127 cm³/mol. The van der Waals surface area contributed by atoms with Crippen molar-refractivity contribution in [1.82, 2.24) is 26.2 Å². The number of piperidine rings is 1. The second-order valence-electron chi connectivity index (χ2n) is 8.96. The Labute approximate surface area is 198 Å². The van der Waals surface area contributed by atoms with E-state index in [1.165, 1.54) is 6.08 Å². The van der Waals surface area contributed by atoms with Crippen molar-refractivity contribution < 1.29 is 14.3 Å². The van der Waals surface area contributed by atoms with Gasteiger partial charge in [-0.15, -0.1) is 0 Å². The lowest BCUT2D eigenvalue weighted by molar-refractivity contribution is -0.134. The fourth-order valence-corrected chi connectivity index (χ4v) is 5.23. The average Bonchev–Trinajstić information content (AvgIpc) is 3.29. The molecular weight excluding hydrogens is 432 g/mol. The lowest BCUT2D eigenvalue weighted by Gasteiger charge is -2.41. The van der Waals surface area contributed by atoms with Gasteiger partial charge in [-0.25, -0.2) is 15.9 Å². The van der Waals surface area contributed by atoms with Gasteiger partial charge in [-0.05, 0) is 48.7 Å². The SMILES string of the molecule is C=CC(=O)N1CCCC(N2NC(c3ccc(Oc4ccccc4)cc3)C3C(N)NNC(=O)C32)C1. The normalized spacial score (nSPS) is 29.3. The van der Waals surface area contributed by atoms with E-state index >= 15 is 0 Å². The number of hydrogen-bond acceptors (Lipinski definition) is 7. The van der Waals surface area contributed by atoms with Crippen LogP contribution in [0.5, 0.6) is 11.5 Å². The van der Waals surface area contributed by atoms with E-state index in [9.17, 15) is 9.59 Å². The van der Waals surface area contributed by atoms with E-state index in [1.54, 1.807) is 4.90 Å². The van der Waals surface area contributed by atoms with Gasteiger partial charge in [0.25, 0.3) is 5.91 Å². The molecule has 5 N–H and O–H groups in total. The van der Waals surface area contributed by atoms with Crippen molar-refractivity contribution in [1.29, 1.82) is 0 Å². The average molecular weight is 463 g/mol. The lowest BCUT2D eigenvalue weighted by Crippen LogP contribution is -2.67. The number of hydrazine groups is 2. The highest BCUT2D eigenvalue weighted by atomic mass is 16.5. The summed E-state index contributed by atoms with van der Waals surface area (Å²) in [6.45, 7) is 4.84. The number of nitrogens with two attached hydrogens (primary N) is 1. The molecule has 5 rings (SSSR count). The topological polar surface area (TPSA) is 112 Å². The van der Waals surface area contributed by atoms with Gasteiger partial charge < -0.3 is 15.4 Å². The number of hydrogen-bond donors (Lipinski definition) is 4. The number of carbonyl (C=O) groups excluding carboxylic acids is 2. The van der Waals surface area contributed by atoms with Crippen LogP contribution in [-0.4, -0.2) is 53.1 Å². The molecule has 3 fully saturated rings. The van der Waals surface area contributed by atoms with E-state index < -0.39 is 12.2 Å². The largest absolute Gasteiger partial charge is 0.457 e. The number of nitrogens with one attached hydrogen (secondary N) is 3. The highest BCUT2D eigenvalue weighted by Gasteiger charge is 2.53. The molecule has 2 amide bonds. The van der Waals surface area contributed by atoms with Crippen LogP contribution >= 0.6 is 0 Å². The molecule has 0 radical (unpaired) electrons. The van der Waals surface area contributed by atoms with Gasteiger partial charge in [-0.1, -0.05) is 36.9 Å². The molecule has 3 saturated heterocycles. The number of likely N-dealkylation sites (tertiary alicyclic amines) is 1. The Morgan fingerprint density at radius 2 is 1.85 bits per heavy atom. The Kier molecular flexibility index (Phi) is 6.34. The Balaban J connectivity index is 1.38. The van der Waals surface area contributed by atoms with Crippen molar-refractivity contribution in [2.75, 3.05) is 13.1 Å². The van der Waals surface area contributed by atoms with Crippen LogP contribution in [0.1, 0.15) is 24.4 Å². The number of rotatable bonds is 5. The van der Waals surface area contributed by atoms with E-state index in [0.717, 1.165) is 29.9 Å². The minimum absolute atomic E-state index is 0.00751. The maximum atomic E-state index is 13.0. The van der Waals surface area contributed by atoms with Gasteiger partial charge in [-0.2, -0.15) is 0 Å². The Morgan fingerprint density at radius 3 is 2.59 bits per heavy atom. The first kappa shape index (κ1) is 22.5. The summed E-state index contributed by atoms with van der Waals surface area (Å²) in [5.74, 6) is 1.10. The zero-order valence-electron chi connectivity index (χ0n) is 18.9. The molecule has 0 saturated carbocycles. The number of fused-ring (bicyclic) bond motifs is 1. The molecule has 0 aliphatic carbocycles. The summed E-state index contributed by atoms with van der Waals surface area (Å²) in [6.07, 6.45) is 2.66. The lowest BCUT2D eigenvalue weighted by atomic mass is 9.85. The summed E-state index contributed by atoms with van der Waals surface area (Å²) in [5, 5.41) is 2.02. The molecule has 34 heavy (non-hydrogen) atoms. The van der Waals surface area contributed by atoms with Crippen LogP contribution in [-0.2, 0) is 9.59 Å². The molecule has 3 aliphatic rings. The van der Waals surface area contributed by atoms with Crippen molar-refractivity contribution >= 4 is 11.8 Å². The van der Waals surface area contributed by atoms with E-state index in [1.807, 2.05) is 59.6 Å². The molecule has 0 aromatic heterocycles. The maximum absolute atomic E-state index is 13.0. The van der Waals surface area contributed by atoms with E-state index in [0.29, 0.717) is 13.1 Å². The molecule has 9 nitrogen and oxygen atoms in total. The third kappa shape index (κ3) is 4.30. The van der Waals surface area contributed by atoms with Gasteiger partial charge in [0.1, 0.15) is 17.5 Å². The second kappa shape index (κ2) is 9.55. The number of carbonyl (C=O) groups is 2. The molecule has 178 valence electrons. The van der Waals surface area contributed by atoms with Gasteiger partial charge in [-0.3, -0.25) is 15.0 Å². The number of nitrogens with zero attached hydrogens (tertiary/aromatic N) is 2. The van der Waals surface area contributed by atoms with Crippen molar-refractivity contribution in [3.05, 3.63) is 72.8 Å². The zero-order valence-corrected chi connectivity index (χ0v) is 18.9. The Bertz CT molecular complexity index is 1050. The van der Waals surface area contributed by atoms with Gasteiger partial charge >= 0.3 is 0 Å². The minimum Gasteiger partial charge on any atom is -0.457 e. The molecule has 2 aromatic carbocycles. The fraction of sp³-hybridized carbons (Fsp3) is 0.360. The molecule has 0 bridgehead atoms. The van der Waals surface area contributed by atoms with Crippen molar-refractivity contribution in [3.63, 3.8) is 0 Å². The summed E-state index contributed by atoms with van der Waals surface area (Å²) in [7, 11) is 0. The smallest absolute Gasteiger partial charge is 0.253 e. The van der Waals surface area contributed by atoms with E-state index in [2.05, 4.69) is 22.9 Å². The van der Waals surface area contributed by atoms with Gasteiger partial charge in [0.15, 0.2) is 0 Å². The first-order valence-corrected chi connectivity index (χ1v) is 11.6. The fourth-order valence-electron chi connectivity index (χ4n) is 5.23. The molecule has 3 aliphatic heterocycles. The first-order valence-electron chi connectivity index (χ1n) is 11.6. The minimum atomic E-state index is -0.453. The third-order valence-corrected chi connectivity index (χ3v) is 6.88. The zero-order chi connectivity index (χ0) is 23.7. The van der Waals surface area contributed by atoms with Crippen LogP contribution in [0, 0.1) is 5.92 Å². The number of para-hydroxylation sites is 1.